The highest BCUT2D eigenvalue weighted by atomic mass is 16.5. The molecule has 3 aromatic rings. The number of hydrogen-bond donors (Lipinski definition) is 0. The number of para-hydroxylation sites is 1. The van der Waals surface area contributed by atoms with E-state index in [0.29, 0.717) is 18.2 Å². The number of likely N-dealkylation sites (N-methyl/N-ethyl adjacent to an activating group) is 1. The summed E-state index contributed by atoms with van der Waals surface area (Å²) in [5, 5.41) is 1.17. The predicted molar refractivity (Wildman–Crippen MR) is 128 cm³/mol. The lowest BCUT2D eigenvalue weighted by Gasteiger charge is -2.23. The van der Waals surface area contributed by atoms with Crippen LogP contribution in [0, 0.1) is 0 Å². The molecule has 1 aliphatic heterocycles. The number of carbonyl (C=O) groups is 2. The molecule has 0 radical (unpaired) electrons. The monoisotopic (exact) mass is 446 g/mol. The molecule has 2 heterocycles. The molecule has 6 nitrogen and oxygen atoms in total. The fourth-order valence-electron chi connectivity index (χ4n) is 5.41. The minimum Gasteiger partial charge on any atom is -0.478 e. The number of benzene rings is 2. The first-order valence-corrected chi connectivity index (χ1v) is 11.8. The Bertz CT molecular complexity index is 1220. The van der Waals surface area contributed by atoms with Gasteiger partial charge in [-0.3, -0.25) is 9.59 Å². The number of amides is 1. The molecule has 1 unspecified atom stereocenters. The predicted octanol–water partition coefficient (Wildman–Crippen LogP) is 5.13. The van der Waals surface area contributed by atoms with Gasteiger partial charge in [0.15, 0.2) is 6.10 Å². The molecule has 0 saturated heterocycles. The third kappa shape index (κ3) is 3.88. The molecule has 0 spiro atoms. The highest BCUT2D eigenvalue weighted by molar-refractivity contribution is 5.95. The molecular weight excluding hydrogens is 416 g/mol. The Balaban J connectivity index is 1.79. The van der Waals surface area contributed by atoms with E-state index in [1.165, 1.54) is 37.1 Å². The molecule has 0 N–H and O–H groups in total. The standard InChI is InChI=1S/C27H30N2O4/c1-17(30)32-19-13-14-20-22(15-19)29-16-24(27(31)28(2)3)33-23-12-8-7-11-21(23)26(29)25(20)18-9-5-4-6-10-18/h7-8,11-15,18,24H,4-6,9-10,16H2,1-3H3. The molecule has 1 amide bonds. The van der Waals surface area contributed by atoms with Crippen LogP contribution in [0.1, 0.15) is 50.5 Å². The molecule has 6 heteroatoms. The van der Waals surface area contributed by atoms with Crippen molar-refractivity contribution in [3.63, 3.8) is 0 Å². The Morgan fingerprint density at radius 2 is 1.82 bits per heavy atom. The van der Waals surface area contributed by atoms with Crippen LogP contribution in [-0.2, 0) is 16.1 Å². The number of nitrogens with zero attached hydrogens (tertiary/aromatic N) is 2. The molecular formula is C27H30N2O4. The van der Waals surface area contributed by atoms with Gasteiger partial charge in [0.1, 0.15) is 11.5 Å². The summed E-state index contributed by atoms with van der Waals surface area (Å²) in [4.78, 5) is 26.3. The van der Waals surface area contributed by atoms with E-state index in [2.05, 4.69) is 16.7 Å². The number of hydrogen-bond acceptors (Lipinski definition) is 4. The van der Waals surface area contributed by atoms with E-state index in [1.54, 1.807) is 19.0 Å². The zero-order valence-electron chi connectivity index (χ0n) is 19.5. The van der Waals surface area contributed by atoms with Crippen LogP contribution in [-0.4, -0.2) is 41.5 Å². The average molecular weight is 447 g/mol. The van der Waals surface area contributed by atoms with E-state index >= 15 is 0 Å². The molecule has 1 saturated carbocycles. The second kappa shape index (κ2) is 8.58. The first-order valence-electron chi connectivity index (χ1n) is 11.8. The van der Waals surface area contributed by atoms with Crippen LogP contribution >= 0.6 is 0 Å². The van der Waals surface area contributed by atoms with Gasteiger partial charge >= 0.3 is 5.97 Å². The van der Waals surface area contributed by atoms with Crippen molar-refractivity contribution in [1.29, 1.82) is 0 Å². The highest BCUT2D eigenvalue weighted by Crippen LogP contribution is 2.48. The minimum atomic E-state index is -0.644. The lowest BCUT2D eigenvalue weighted by molar-refractivity contribution is -0.136. The quantitative estimate of drug-likeness (QED) is 0.413. The SMILES string of the molecule is CC(=O)Oc1ccc2c(C3CCCCC3)c3n(c2c1)CC(C(=O)N(C)C)Oc1ccccc1-3. The number of esters is 1. The maximum absolute atomic E-state index is 13.0. The van der Waals surface area contributed by atoms with Gasteiger partial charge in [-0.25, -0.2) is 0 Å². The summed E-state index contributed by atoms with van der Waals surface area (Å²) in [6.07, 6.45) is 5.39. The normalized spacial score (nSPS) is 18.1. The Hall–Kier alpha value is -3.28. The van der Waals surface area contributed by atoms with Gasteiger partial charge in [0.2, 0.25) is 0 Å². The lowest BCUT2D eigenvalue weighted by Crippen LogP contribution is -2.39. The van der Waals surface area contributed by atoms with Crippen LogP contribution in [0.4, 0.5) is 0 Å². The van der Waals surface area contributed by atoms with Crippen molar-refractivity contribution >= 4 is 22.8 Å². The van der Waals surface area contributed by atoms with E-state index in [9.17, 15) is 9.59 Å². The minimum absolute atomic E-state index is 0.0742. The fraction of sp³-hybridized carbons (Fsp3) is 0.407. The van der Waals surface area contributed by atoms with Crippen molar-refractivity contribution in [2.24, 2.45) is 0 Å². The highest BCUT2D eigenvalue weighted by Gasteiger charge is 2.34. The number of fused-ring (bicyclic) bond motifs is 5. The number of ether oxygens (including phenoxy) is 2. The van der Waals surface area contributed by atoms with E-state index in [1.807, 2.05) is 30.3 Å². The zero-order chi connectivity index (χ0) is 23.1. The second-order valence-electron chi connectivity index (χ2n) is 9.32. The molecule has 33 heavy (non-hydrogen) atoms. The third-order valence-corrected chi connectivity index (χ3v) is 6.83. The summed E-state index contributed by atoms with van der Waals surface area (Å²) in [5.74, 6) is 1.27. The van der Waals surface area contributed by atoms with Gasteiger partial charge in [-0.1, -0.05) is 31.4 Å². The van der Waals surface area contributed by atoms with Crippen LogP contribution in [0.25, 0.3) is 22.2 Å². The van der Waals surface area contributed by atoms with Gasteiger partial charge in [0.05, 0.1) is 17.8 Å². The Labute approximate surface area is 194 Å². The maximum Gasteiger partial charge on any atom is 0.308 e. The van der Waals surface area contributed by atoms with E-state index < -0.39 is 6.10 Å². The molecule has 1 aliphatic carbocycles. The zero-order valence-corrected chi connectivity index (χ0v) is 19.5. The van der Waals surface area contributed by atoms with Crippen molar-refractivity contribution in [3.8, 4) is 22.8 Å². The summed E-state index contributed by atoms with van der Waals surface area (Å²) in [6.45, 7) is 1.81. The molecule has 2 aliphatic rings. The van der Waals surface area contributed by atoms with Crippen LogP contribution in [0.2, 0.25) is 0 Å². The smallest absolute Gasteiger partial charge is 0.308 e. The van der Waals surface area contributed by atoms with E-state index in [-0.39, 0.29) is 11.9 Å². The summed E-state index contributed by atoms with van der Waals surface area (Å²) in [7, 11) is 3.51. The second-order valence-corrected chi connectivity index (χ2v) is 9.32. The van der Waals surface area contributed by atoms with Gasteiger partial charge < -0.3 is 18.9 Å². The van der Waals surface area contributed by atoms with Crippen LogP contribution in [0.15, 0.2) is 42.5 Å². The molecule has 2 aromatic carbocycles. The van der Waals surface area contributed by atoms with E-state index in [0.717, 1.165) is 35.4 Å². The summed E-state index contributed by atoms with van der Waals surface area (Å²) >= 11 is 0. The van der Waals surface area contributed by atoms with Crippen molar-refractivity contribution in [1.82, 2.24) is 9.47 Å². The fourth-order valence-corrected chi connectivity index (χ4v) is 5.41. The van der Waals surface area contributed by atoms with Gasteiger partial charge in [0, 0.05) is 38.0 Å². The van der Waals surface area contributed by atoms with Crippen molar-refractivity contribution in [3.05, 3.63) is 48.0 Å². The van der Waals surface area contributed by atoms with E-state index in [4.69, 9.17) is 9.47 Å². The summed E-state index contributed by atoms with van der Waals surface area (Å²) < 4.78 is 13.9. The van der Waals surface area contributed by atoms with Crippen LogP contribution < -0.4 is 9.47 Å². The van der Waals surface area contributed by atoms with Gasteiger partial charge in [-0.2, -0.15) is 0 Å². The third-order valence-electron chi connectivity index (χ3n) is 6.83. The number of rotatable bonds is 3. The Morgan fingerprint density at radius 1 is 1.06 bits per heavy atom. The number of carbonyl (C=O) groups excluding carboxylic acids is 2. The van der Waals surface area contributed by atoms with Gasteiger partial charge in [0.25, 0.3) is 5.91 Å². The summed E-state index contributed by atoms with van der Waals surface area (Å²) in [6, 6.07) is 13.9. The Kier molecular flexibility index (Phi) is 5.60. The van der Waals surface area contributed by atoms with Crippen molar-refractivity contribution in [2.45, 2.75) is 57.6 Å². The van der Waals surface area contributed by atoms with Crippen LogP contribution in [0.3, 0.4) is 0 Å². The first kappa shape index (κ1) is 21.6. The van der Waals surface area contributed by atoms with Gasteiger partial charge in [-0.15, -0.1) is 0 Å². The van der Waals surface area contributed by atoms with Crippen LogP contribution in [0.5, 0.6) is 11.5 Å². The average Bonchev–Trinajstić information content (AvgIpc) is 3.01. The number of aromatic nitrogens is 1. The largest absolute Gasteiger partial charge is 0.478 e. The maximum atomic E-state index is 13.0. The Morgan fingerprint density at radius 3 is 2.55 bits per heavy atom. The molecule has 172 valence electrons. The van der Waals surface area contributed by atoms with Gasteiger partial charge in [-0.05, 0) is 48.6 Å². The molecule has 0 bridgehead atoms. The first-order chi connectivity index (χ1) is 15.9. The van der Waals surface area contributed by atoms with Crippen molar-refractivity contribution < 1.29 is 19.1 Å². The molecule has 5 rings (SSSR count). The lowest BCUT2D eigenvalue weighted by atomic mass is 9.82. The van der Waals surface area contributed by atoms with Crippen molar-refractivity contribution in [2.75, 3.05) is 14.1 Å². The molecule has 1 aromatic heterocycles. The summed E-state index contributed by atoms with van der Waals surface area (Å²) in [5.41, 5.74) is 4.44. The molecule has 1 atom stereocenters. The topological polar surface area (TPSA) is 60.8 Å². The molecule has 1 fully saturated rings.